The van der Waals surface area contributed by atoms with E-state index in [1.165, 1.54) is 16.8 Å². The van der Waals surface area contributed by atoms with Crippen molar-refractivity contribution in [2.45, 2.75) is 13.8 Å². The zero-order valence-corrected chi connectivity index (χ0v) is 17.1. The Kier molecular flexibility index (Phi) is 5.33. The Hall–Kier alpha value is -3.51. The van der Waals surface area contributed by atoms with Gasteiger partial charge in [0.1, 0.15) is 5.82 Å². The van der Waals surface area contributed by atoms with Gasteiger partial charge < -0.3 is 5.32 Å². The molecule has 0 unspecified atom stereocenters. The molecule has 0 aliphatic rings. The van der Waals surface area contributed by atoms with Gasteiger partial charge >= 0.3 is 0 Å². The molecule has 1 amide bonds. The van der Waals surface area contributed by atoms with Crippen LogP contribution in [0.15, 0.2) is 66.7 Å². The zero-order valence-electron chi connectivity index (χ0n) is 16.4. The number of carbonyl (C=O) groups is 1. The van der Waals surface area contributed by atoms with Crippen molar-refractivity contribution >= 4 is 23.2 Å². The number of benzene rings is 3. The average molecular weight is 421 g/mol. The molecule has 7 heteroatoms. The maximum atomic E-state index is 13.4. The third kappa shape index (κ3) is 4.09. The lowest BCUT2D eigenvalue weighted by molar-refractivity contribution is 0.101. The van der Waals surface area contributed by atoms with Crippen molar-refractivity contribution in [3.8, 4) is 17.1 Å². The molecule has 0 atom stereocenters. The smallest absolute Gasteiger partial charge is 0.295 e. The summed E-state index contributed by atoms with van der Waals surface area (Å²) in [6.45, 7) is 3.98. The van der Waals surface area contributed by atoms with E-state index in [9.17, 15) is 9.18 Å². The number of hydrogen-bond acceptors (Lipinski definition) is 3. The number of anilines is 1. The van der Waals surface area contributed by atoms with Crippen molar-refractivity contribution in [1.82, 2.24) is 14.8 Å². The van der Waals surface area contributed by atoms with Crippen LogP contribution in [-0.4, -0.2) is 20.7 Å². The third-order valence-corrected chi connectivity index (χ3v) is 4.96. The van der Waals surface area contributed by atoms with Crippen molar-refractivity contribution in [1.29, 1.82) is 0 Å². The fourth-order valence-corrected chi connectivity index (χ4v) is 3.18. The van der Waals surface area contributed by atoms with Crippen LogP contribution < -0.4 is 5.32 Å². The van der Waals surface area contributed by atoms with Crippen molar-refractivity contribution in [3.63, 3.8) is 0 Å². The average Bonchev–Trinajstić information content (AvgIpc) is 3.17. The van der Waals surface area contributed by atoms with Crippen LogP contribution in [0.4, 0.5) is 10.1 Å². The molecular weight excluding hydrogens is 403 g/mol. The van der Waals surface area contributed by atoms with Gasteiger partial charge in [-0.15, -0.1) is 5.10 Å². The van der Waals surface area contributed by atoms with Crippen molar-refractivity contribution in [3.05, 3.63) is 94.5 Å². The molecule has 1 heterocycles. The highest BCUT2D eigenvalue weighted by Gasteiger charge is 2.19. The lowest BCUT2D eigenvalue weighted by Gasteiger charge is -2.06. The third-order valence-electron chi connectivity index (χ3n) is 4.73. The van der Waals surface area contributed by atoms with E-state index < -0.39 is 5.91 Å². The van der Waals surface area contributed by atoms with Crippen LogP contribution in [0.5, 0.6) is 0 Å². The van der Waals surface area contributed by atoms with Crippen LogP contribution in [0.1, 0.15) is 21.7 Å². The van der Waals surface area contributed by atoms with E-state index in [1.54, 1.807) is 30.3 Å². The van der Waals surface area contributed by atoms with E-state index >= 15 is 0 Å². The Bertz CT molecular complexity index is 1230. The molecule has 0 saturated carbocycles. The number of aryl methyl sites for hydroxylation is 2. The molecule has 0 aliphatic carbocycles. The molecule has 0 radical (unpaired) electrons. The van der Waals surface area contributed by atoms with E-state index in [2.05, 4.69) is 15.4 Å². The molecule has 1 N–H and O–H groups in total. The van der Waals surface area contributed by atoms with Gasteiger partial charge in [0.15, 0.2) is 5.82 Å². The number of amides is 1. The minimum absolute atomic E-state index is 0.00692. The number of halogens is 2. The summed E-state index contributed by atoms with van der Waals surface area (Å²) in [6.07, 6.45) is 0. The van der Waals surface area contributed by atoms with E-state index in [4.69, 9.17) is 11.6 Å². The summed E-state index contributed by atoms with van der Waals surface area (Å²) in [5.74, 6) is -0.389. The minimum Gasteiger partial charge on any atom is -0.319 e. The van der Waals surface area contributed by atoms with Gasteiger partial charge in [-0.2, -0.15) is 0 Å². The number of aromatic nitrogens is 3. The van der Waals surface area contributed by atoms with Crippen LogP contribution in [0.2, 0.25) is 5.02 Å². The van der Waals surface area contributed by atoms with E-state index in [0.29, 0.717) is 27.8 Å². The Labute approximate surface area is 178 Å². The molecule has 4 rings (SSSR count). The van der Waals surface area contributed by atoms with Gasteiger partial charge in [-0.3, -0.25) is 4.79 Å². The second-order valence-corrected chi connectivity index (χ2v) is 7.35. The highest BCUT2D eigenvalue weighted by molar-refractivity contribution is 6.30. The molecule has 150 valence electrons. The lowest BCUT2D eigenvalue weighted by Crippen LogP contribution is -2.14. The summed E-state index contributed by atoms with van der Waals surface area (Å²) in [6, 6.07) is 18.5. The largest absolute Gasteiger partial charge is 0.319 e. The zero-order chi connectivity index (χ0) is 21.3. The van der Waals surface area contributed by atoms with Crippen molar-refractivity contribution in [2.75, 3.05) is 5.32 Å². The van der Waals surface area contributed by atoms with Crippen LogP contribution in [0, 0.1) is 19.7 Å². The maximum Gasteiger partial charge on any atom is 0.295 e. The molecule has 1 aromatic heterocycles. The molecule has 0 bridgehead atoms. The SMILES string of the molecule is Cc1ccc(NC(=O)c2nc(-c3cccc(Cl)c3)n(-c3ccc(F)cc3)n2)cc1C. The van der Waals surface area contributed by atoms with E-state index in [0.717, 1.165) is 11.1 Å². The molecule has 3 aromatic carbocycles. The molecule has 0 spiro atoms. The molecule has 4 aromatic rings. The van der Waals surface area contributed by atoms with Crippen molar-refractivity contribution < 1.29 is 9.18 Å². The lowest BCUT2D eigenvalue weighted by atomic mass is 10.1. The summed E-state index contributed by atoms with van der Waals surface area (Å²) in [7, 11) is 0. The summed E-state index contributed by atoms with van der Waals surface area (Å²) in [4.78, 5) is 17.3. The van der Waals surface area contributed by atoms with Crippen molar-refractivity contribution in [2.24, 2.45) is 0 Å². The van der Waals surface area contributed by atoms with Crippen LogP contribution in [-0.2, 0) is 0 Å². The first-order valence-electron chi connectivity index (χ1n) is 9.28. The standard InChI is InChI=1S/C23H18ClFN4O/c1-14-6-9-19(12-15(14)2)26-23(30)21-27-22(16-4-3-5-17(24)13-16)29(28-21)20-10-7-18(25)8-11-20/h3-13H,1-2H3,(H,26,30). The first-order valence-corrected chi connectivity index (χ1v) is 9.66. The fourth-order valence-electron chi connectivity index (χ4n) is 2.99. The van der Waals surface area contributed by atoms with E-state index in [-0.39, 0.29) is 11.6 Å². The minimum atomic E-state index is -0.442. The number of hydrogen-bond donors (Lipinski definition) is 1. The van der Waals surface area contributed by atoms with Gasteiger partial charge in [0.05, 0.1) is 5.69 Å². The Morgan fingerprint density at radius 3 is 2.47 bits per heavy atom. The number of carbonyl (C=O) groups excluding carboxylic acids is 1. The molecular formula is C23H18ClFN4O. The second kappa shape index (κ2) is 8.08. The van der Waals surface area contributed by atoms with Gasteiger partial charge in [0, 0.05) is 16.3 Å². The van der Waals surface area contributed by atoms with Gasteiger partial charge in [-0.25, -0.2) is 14.1 Å². The predicted molar refractivity (Wildman–Crippen MR) is 116 cm³/mol. The quantitative estimate of drug-likeness (QED) is 0.467. The second-order valence-electron chi connectivity index (χ2n) is 6.91. The monoisotopic (exact) mass is 420 g/mol. The summed E-state index contributed by atoms with van der Waals surface area (Å²) in [5, 5.41) is 7.74. The van der Waals surface area contributed by atoms with Gasteiger partial charge in [-0.05, 0) is 73.5 Å². The van der Waals surface area contributed by atoms with E-state index in [1.807, 2.05) is 38.1 Å². The van der Waals surface area contributed by atoms with Gasteiger partial charge in [-0.1, -0.05) is 29.8 Å². The molecule has 0 saturated heterocycles. The summed E-state index contributed by atoms with van der Waals surface area (Å²) in [5.41, 5.74) is 4.12. The molecule has 0 fully saturated rings. The fraction of sp³-hybridized carbons (Fsp3) is 0.0870. The maximum absolute atomic E-state index is 13.4. The first-order chi connectivity index (χ1) is 14.4. The molecule has 30 heavy (non-hydrogen) atoms. The Morgan fingerprint density at radius 1 is 1.00 bits per heavy atom. The topological polar surface area (TPSA) is 59.8 Å². The van der Waals surface area contributed by atoms with Gasteiger partial charge in [0.25, 0.3) is 5.91 Å². The highest BCUT2D eigenvalue weighted by Crippen LogP contribution is 2.24. The van der Waals surface area contributed by atoms with Crippen LogP contribution in [0.25, 0.3) is 17.1 Å². The normalized spacial score (nSPS) is 10.8. The molecule has 5 nitrogen and oxygen atoms in total. The van der Waals surface area contributed by atoms with Gasteiger partial charge in [0.2, 0.25) is 5.82 Å². The van der Waals surface area contributed by atoms with Crippen LogP contribution >= 0.6 is 11.6 Å². The highest BCUT2D eigenvalue weighted by atomic mass is 35.5. The summed E-state index contributed by atoms with van der Waals surface area (Å²) >= 11 is 6.13. The Balaban J connectivity index is 1.75. The number of nitrogens with one attached hydrogen (secondary N) is 1. The number of rotatable bonds is 4. The first kappa shape index (κ1) is 19.8. The Morgan fingerprint density at radius 2 is 1.77 bits per heavy atom. The van der Waals surface area contributed by atoms with Crippen LogP contribution in [0.3, 0.4) is 0 Å². The summed E-state index contributed by atoms with van der Waals surface area (Å²) < 4.78 is 14.9. The predicted octanol–water partition coefficient (Wildman–Crippen LogP) is 5.60. The number of nitrogens with zero attached hydrogens (tertiary/aromatic N) is 3. The molecule has 0 aliphatic heterocycles.